The van der Waals surface area contributed by atoms with Gasteiger partial charge >= 0.3 is 5.97 Å². The molecular formula is C22H19ClN2O5. The maximum atomic E-state index is 12.9. The molecule has 8 heteroatoms. The van der Waals surface area contributed by atoms with E-state index >= 15 is 0 Å². The van der Waals surface area contributed by atoms with Gasteiger partial charge in [0, 0.05) is 0 Å². The van der Waals surface area contributed by atoms with E-state index in [-0.39, 0.29) is 16.5 Å². The van der Waals surface area contributed by atoms with Crippen LogP contribution in [0.15, 0.2) is 59.7 Å². The SMILES string of the molecule is C=CCOc1ccc(/C=C2/C(=O)N(c3ccc(Cl)c(C(=O)O)c3)N=C2C)cc1OC. The molecule has 0 saturated carbocycles. The van der Waals surface area contributed by atoms with Crippen molar-refractivity contribution < 1.29 is 24.2 Å². The Labute approximate surface area is 178 Å². The first-order valence-corrected chi connectivity index (χ1v) is 9.29. The number of nitrogens with zero attached hydrogens (tertiary/aromatic N) is 2. The van der Waals surface area contributed by atoms with E-state index in [9.17, 15) is 14.7 Å². The third kappa shape index (κ3) is 4.21. The summed E-state index contributed by atoms with van der Waals surface area (Å²) < 4.78 is 10.9. The number of halogens is 1. The van der Waals surface area contributed by atoms with Crippen molar-refractivity contribution >= 4 is 41.0 Å². The van der Waals surface area contributed by atoms with Gasteiger partial charge in [-0.1, -0.05) is 30.3 Å². The molecule has 0 atom stereocenters. The van der Waals surface area contributed by atoms with Crippen LogP contribution >= 0.6 is 11.6 Å². The normalized spacial score (nSPS) is 14.6. The fourth-order valence-corrected chi connectivity index (χ4v) is 3.08. The minimum absolute atomic E-state index is 0.0835. The first-order chi connectivity index (χ1) is 14.3. The molecule has 1 amide bonds. The second-order valence-electron chi connectivity index (χ2n) is 6.34. The van der Waals surface area contributed by atoms with Crippen molar-refractivity contribution in [1.29, 1.82) is 0 Å². The lowest BCUT2D eigenvalue weighted by Crippen LogP contribution is -2.21. The van der Waals surface area contributed by atoms with Crippen LogP contribution in [-0.2, 0) is 4.79 Å². The molecule has 2 aromatic rings. The number of carboxylic acid groups (broad SMARTS) is 1. The van der Waals surface area contributed by atoms with Crippen molar-refractivity contribution in [2.75, 3.05) is 18.7 Å². The molecule has 3 rings (SSSR count). The summed E-state index contributed by atoms with van der Waals surface area (Å²) in [4.78, 5) is 24.3. The monoisotopic (exact) mass is 426 g/mol. The van der Waals surface area contributed by atoms with Crippen LogP contribution in [0, 0.1) is 0 Å². The minimum Gasteiger partial charge on any atom is -0.493 e. The number of amides is 1. The third-order valence-electron chi connectivity index (χ3n) is 4.34. The standard InChI is InChI=1S/C22H19ClN2O5/c1-4-9-30-19-8-5-14(11-20(19)29-3)10-16-13(2)24-25(21(16)26)15-6-7-18(23)17(12-15)22(27)28/h4-8,10-12H,1,9H2,2-3H3,(H,27,28)/b16-10+. The molecule has 0 radical (unpaired) electrons. The van der Waals surface area contributed by atoms with Gasteiger partial charge in [-0.05, 0) is 48.9 Å². The first kappa shape index (κ1) is 21.1. The van der Waals surface area contributed by atoms with Crippen molar-refractivity contribution in [3.63, 3.8) is 0 Å². The Morgan fingerprint density at radius 3 is 2.70 bits per heavy atom. The molecule has 1 N–H and O–H groups in total. The average Bonchev–Trinajstić information content (AvgIpc) is 3.01. The van der Waals surface area contributed by atoms with E-state index in [1.165, 1.54) is 19.2 Å². The van der Waals surface area contributed by atoms with Crippen LogP contribution in [0.2, 0.25) is 5.02 Å². The molecule has 1 aliphatic rings. The van der Waals surface area contributed by atoms with Crippen molar-refractivity contribution in [2.45, 2.75) is 6.92 Å². The van der Waals surface area contributed by atoms with Gasteiger partial charge in [-0.25, -0.2) is 4.79 Å². The number of ether oxygens (including phenoxy) is 2. The van der Waals surface area contributed by atoms with E-state index in [1.54, 1.807) is 43.3 Å². The average molecular weight is 427 g/mol. The highest BCUT2D eigenvalue weighted by atomic mass is 35.5. The molecule has 154 valence electrons. The highest BCUT2D eigenvalue weighted by Gasteiger charge is 2.29. The predicted molar refractivity (Wildman–Crippen MR) is 116 cm³/mol. The quantitative estimate of drug-likeness (QED) is 0.523. The number of carbonyl (C=O) groups excluding carboxylic acids is 1. The Balaban J connectivity index is 1.92. The molecule has 7 nitrogen and oxygen atoms in total. The number of hydrogen-bond acceptors (Lipinski definition) is 5. The molecular weight excluding hydrogens is 408 g/mol. The van der Waals surface area contributed by atoms with Crippen molar-refractivity contribution in [3.05, 3.63) is 70.8 Å². The minimum atomic E-state index is -1.18. The number of aromatic carboxylic acids is 1. The molecule has 0 aromatic heterocycles. The Morgan fingerprint density at radius 2 is 2.03 bits per heavy atom. The molecule has 1 heterocycles. The van der Waals surface area contributed by atoms with Gasteiger partial charge in [0.1, 0.15) is 6.61 Å². The number of benzene rings is 2. The van der Waals surface area contributed by atoms with Gasteiger partial charge in [-0.15, -0.1) is 0 Å². The second-order valence-corrected chi connectivity index (χ2v) is 6.75. The molecule has 0 aliphatic carbocycles. The van der Waals surface area contributed by atoms with Crippen molar-refractivity contribution in [3.8, 4) is 11.5 Å². The molecule has 2 aromatic carbocycles. The lowest BCUT2D eigenvalue weighted by atomic mass is 10.1. The number of carboxylic acids is 1. The Hall–Kier alpha value is -3.58. The van der Waals surface area contributed by atoms with Crippen LogP contribution in [0.25, 0.3) is 6.08 Å². The van der Waals surface area contributed by atoms with Crippen LogP contribution < -0.4 is 14.5 Å². The Bertz CT molecular complexity index is 1090. The van der Waals surface area contributed by atoms with Crippen LogP contribution in [0.3, 0.4) is 0 Å². The van der Waals surface area contributed by atoms with Gasteiger partial charge in [0.15, 0.2) is 11.5 Å². The summed E-state index contributed by atoms with van der Waals surface area (Å²) >= 11 is 5.91. The van der Waals surface area contributed by atoms with Gasteiger partial charge in [0.05, 0.1) is 34.7 Å². The lowest BCUT2D eigenvalue weighted by Gasteiger charge is -2.13. The number of hydrogen-bond donors (Lipinski definition) is 1. The van der Waals surface area contributed by atoms with Gasteiger partial charge in [0.2, 0.25) is 0 Å². The fourth-order valence-electron chi connectivity index (χ4n) is 2.88. The van der Waals surface area contributed by atoms with Crippen LogP contribution in [0.1, 0.15) is 22.8 Å². The summed E-state index contributed by atoms with van der Waals surface area (Å²) in [5.74, 6) is -0.480. The van der Waals surface area contributed by atoms with Gasteiger partial charge in [-0.3, -0.25) is 4.79 Å². The Morgan fingerprint density at radius 1 is 1.27 bits per heavy atom. The van der Waals surface area contributed by atoms with E-state index in [0.29, 0.717) is 35.1 Å². The van der Waals surface area contributed by atoms with Crippen LogP contribution in [0.5, 0.6) is 11.5 Å². The zero-order valence-electron chi connectivity index (χ0n) is 16.4. The van der Waals surface area contributed by atoms with Gasteiger partial charge in [0.25, 0.3) is 5.91 Å². The van der Waals surface area contributed by atoms with E-state index in [2.05, 4.69) is 11.7 Å². The number of carbonyl (C=O) groups is 2. The van der Waals surface area contributed by atoms with Crippen molar-refractivity contribution in [1.82, 2.24) is 0 Å². The second kappa shape index (κ2) is 8.84. The number of rotatable bonds is 7. The smallest absolute Gasteiger partial charge is 0.337 e. The Kier molecular flexibility index (Phi) is 6.23. The summed E-state index contributed by atoms with van der Waals surface area (Å²) in [6, 6.07) is 9.57. The fraction of sp³-hybridized carbons (Fsp3) is 0.136. The van der Waals surface area contributed by atoms with Gasteiger partial charge in [-0.2, -0.15) is 10.1 Å². The molecule has 0 spiro atoms. The zero-order chi connectivity index (χ0) is 21.8. The largest absolute Gasteiger partial charge is 0.493 e. The number of anilines is 1. The zero-order valence-corrected chi connectivity index (χ0v) is 17.1. The molecule has 0 fully saturated rings. The highest BCUT2D eigenvalue weighted by molar-refractivity contribution is 6.34. The number of hydrazone groups is 1. The van der Waals surface area contributed by atoms with E-state index in [1.807, 2.05) is 0 Å². The predicted octanol–water partition coefficient (Wildman–Crippen LogP) is 4.42. The highest BCUT2D eigenvalue weighted by Crippen LogP contribution is 2.31. The molecule has 0 bridgehead atoms. The van der Waals surface area contributed by atoms with Crippen molar-refractivity contribution in [2.24, 2.45) is 5.10 Å². The maximum Gasteiger partial charge on any atom is 0.337 e. The van der Waals surface area contributed by atoms with Crippen LogP contribution in [0.4, 0.5) is 5.69 Å². The first-order valence-electron chi connectivity index (χ1n) is 8.92. The summed E-state index contributed by atoms with van der Waals surface area (Å²) in [5.41, 5.74) is 1.81. The van der Waals surface area contributed by atoms with E-state index in [4.69, 9.17) is 21.1 Å². The van der Waals surface area contributed by atoms with Gasteiger partial charge < -0.3 is 14.6 Å². The molecule has 1 aliphatic heterocycles. The third-order valence-corrected chi connectivity index (χ3v) is 4.67. The maximum absolute atomic E-state index is 12.9. The summed E-state index contributed by atoms with van der Waals surface area (Å²) in [6.07, 6.45) is 3.32. The topological polar surface area (TPSA) is 88.4 Å². The van der Waals surface area contributed by atoms with E-state index < -0.39 is 5.97 Å². The summed E-state index contributed by atoms with van der Waals surface area (Å²) in [6.45, 7) is 5.66. The number of methoxy groups -OCH3 is 1. The van der Waals surface area contributed by atoms with E-state index in [0.717, 1.165) is 10.6 Å². The molecule has 0 saturated heterocycles. The van der Waals surface area contributed by atoms with Crippen LogP contribution in [-0.4, -0.2) is 36.4 Å². The summed E-state index contributed by atoms with van der Waals surface area (Å²) in [5, 5.41) is 14.8. The summed E-state index contributed by atoms with van der Waals surface area (Å²) in [7, 11) is 1.53. The lowest BCUT2D eigenvalue weighted by molar-refractivity contribution is -0.114. The molecule has 30 heavy (non-hydrogen) atoms. The molecule has 0 unspecified atom stereocenters.